The van der Waals surface area contributed by atoms with Crippen LogP contribution in [0.5, 0.6) is 0 Å². The van der Waals surface area contributed by atoms with Gasteiger partial charge in [-0.05, 0) is 26.7 Å². The van der Waals surface area contributed by atoms with Crippen LogP contribution in [0.15, 0.2) is 4.52 Å². The quantitative estimate of drug-likeness (QED) is 0.830. The van der Waals surface area contributed by atoms with Crippen molar-refractivity contribution in [3.05, 3.63) is 11.7 Å². The summed E-state index contributed by atoms with van der Waals surface area (Å²) in [5.74, 6) is 1.42. The lowest BCUT2D eigenvalue weighted by molar-refractivity contribution is 0.0134. The molecule has 1 aliphatic rings. The van der Waals surface area contributed by atoms with Gasteiger partial charge in [0.15, 0.2) is 5.82 Å². The van der Waals surface area contributed by atoms with Crippen LogP contribution in [-0.2, 0) is 11.2 Å². The van der Waals surface area contributed by atoms with Crippen LogP contribution in [0.2, 0.25) is 0 Å². The van der Waals surface area contributed by atoms with Gasteiger partial charge in [0.05, 0.1) is 6.10 Å². The first-order valence-corrected chi connectivity index (χ1v) is 5.88. The Balaban J connectivity index is 1.67. The van der Waals surface area contributed by atoms with Crippen molar-refractivity contribution >= 4 is 0 Å². The fourth-order valence-electron chi connectivity index (χ4n) is 2.01. The van der Waals surface area contributed by atoms with Crippen LogP contribution in [0, 0.1) is 6.92 Å². The zero-order chi connectivity index (χ0) is 11.4. The van der Waals surface area contributed by atoms with E-state index in [0.29, 0.717) is 23.9 Å². The third-order valence-electron chi connectivity index (χ3n) is 2.83. The van der Waals surface area contributed by atoms with E-state index in [-0.39, 0.29) is 0 Å². The maximum Gasteiger partial charge on any atom is 0.227 e. The Labute approximate surface area is 95.6 Å². The number of aryl methyl sites for hydroxylation is 1. The molecule has 2 atom stereocenters. The van der Waals surface area contributed by atoms with Crippen molar-refractivity contribution in [2.45, 2.75) is 45.3 Å². The summed E-state index contributed by atoms with van der Waals surface area (Å²) in [4.78, 5) is 4.17. The van der Waals surface area contributed by atoms with E-state index in [1.165, 1.54) is 0 Å². The summed E-state index contributed by atoms with van der Waals surface area (Å²) < 4.78 is 10.5. The molecule has 2 heterocycles. The second-order valence-electron chi connectivity index (χ2n) is 4.34. The monoisotopic (exact) mass is 225 g/mol. The molecule has 5 heteroatoms. The van der Waals surface area contributed by atoms with Crippen molar-refractivity contribution in [2.24, 2.45) is 0 Å². The van der Waals surface area contributed by atoms with E-state index in [1.807, 2.05) is 6.92 Å². The Bertz CT molecular complexity index is 327. The highest BCUT2D eigenvalue weighted by Crippen LogP contribution is 2.12. The molecule has 90 valence electrons. The van der Waals surface area contributed by atoms with Crippen LogP contribution < -0.4 is 5.32 Å². The van der Waals surface area contributed by atoms with E-state index < -0.39 is 0 Å². The zero-order valence-corrected chi connectivity index (χ0v) is 9.90. The summed E-state index contributed by atoms with van der Waals surface area (Å²) >= 11 is 0. The van der Waals surface area contributed by atoms with Crippen molar-refractivity contribution in [2.75, 3.05) is 13.2 Å². The summed E-state index contributed by atoms with van der Waals surface area (Å²) in [5.41, 5.74) is 0. The standard InChI is InChI=1S/C11H19N3O2/c1-8-7-10(4-6-15-8)12-5-3-11-13-9(2)14-16-11/h8,10,12H,3-7H2,1-2H3. The highest BCUT2D eigenvalue weighted by Gasteiger charge is 2.18. The average molecular weight is 225 g/mol. The summed E-state index contributed by atoms with van der Waals surface area (Å²) in [5, 5.41) is 7.26. The third-order valence-corrected chi connectivity index (χ3v) is 2.83. The van der Waals surface area contributed by atoms with Crippen LogP contribution in [-0.4, -0.2) is 35.4 Å². The Morgan fingerprint density at radius 2 is 2.38 bits per heavy atom. The van der Waals surface area contributed by atoms with Crippen molar-refractivity contribution in [3.63, 3.8) is 0 Å². The number of rotatable bonds is 4. The van der Waals surface area contributed by atoms with Crippen molar-refractivity contribution in [1.29, 1.82) is 0 Å². The first-order chi connectivity index (χ1) is 7.74. The molecule has 2 rings (SSSR count). The van der Waals surface area contributed by atoms with E-state index in [0.717, 1.165) is 32.4 Å². The summed E-state index contributed by atoms with van der Waals surface area (Å²) in [6, 6.07) is 0.563. The van der Waals surface area contributed by atoms with Gasteiger partial charge in [0.25, 0.3) is 0 Å². The first kappa shape index (κ1) is 11.5. The maximum absolute atomic E-state index is 5.50. The molecule has 0 amide bonds. The molecular formula is C11H19N3O2. The molecule has 1 aliphatic heterocycles. The van der Waals surface area contributed by atoms with Crippen LogP contribution in [0.4, 0.5) is 0 Å². The van der Waals surface area contributed by atoms with Gasteiger partial charge in [0.1, 0.15) is 0 Å². The van der Waals surface area contributed by atoms with E-state index in [2.05, 4.69) is 22.4 Å². The predicted molar refractivity (Wildman–Crippen MR) is 59.2 cm³/mol. The Morgan fingerprint density at radius 3 is 3.06 bits per heavy atom. The van der Waals surface area contributed by atoms with Gasteiger partial charge in [-0.1, -0.05) is 5.16 Å². The van der Waals surface area contributed by atoms with Gasteiger partial charge >= 0.3 is 0 Å². The van der Waals surface area contributed by atoms with Crippen LogP contribution in [0.3, 0.4) is 0 Å². The fraction of sp³-hybridized carbons (Fsp3) is 0.818. The fourth-order valence-corrected chi connectivity index (χ4v) is 2.01. The SMILES string of the molecule is Cc1noc(CCNC2CCOC(C)C2)n1. The Kier molecular flexibility index (Phi) is 3.90. The minimum absolute atomic E-state index is 0.372. The third kappa shape index (κ3) is 3.28. The first-order valence-electron chi connectivity index (χ1n) is 5.88. The molecule has 2 unspecified atom stereocenters. The van der Waals surface area contributed by atoms with E-state index in [1.54, 1.807) is 0 Å². The van der Waals surface area contributed by atoms with Crippen LogP contribution in [0.1, 0.15) is 31.5 Å². The zero-order valence-electron chi connectivity index (χ0n) is 9.90. The molecule has 16 heavy (non-hydrogen) atoms. The van der Waals surface area contributed by atoms with Crippen molar-refractivity contribution < 1.29 is 9.26 Å². The molecule has 0 saturated carbocycles. The van der Waals surface area contributed by atoms with Crippen molar-refractivity contribution in [1.82, 2.24) is 15.5 Å². The number of ether oxygens (including phenoxy) is 1. The molecule has 5 nitrogen and oxygen atoms in total. The lowest BCUT2D eigenvalue weighted by Gasteiger charge is -2.27. The molecule has 1 aromatic heterocycles. The van der Waals surface area contributed by atoms with E-state index in [4.69, 9.17) is 9.26 Å². The van der Waals surface area contributed by atoms with Gasteiger partial charge in [0, 0.05) is 25.6 Å². The molecule has 1 aromatic rings. The predicted octanol–water partition coefficient (Wildman–Crippen LogP) is 1.08. The average Bonchev–Trinajstić information content (AvgIpc) is 2.64. The second kappa shape index (κ2) is 5.41. The van der Waals surface area contributed by atoms with Gasteiger partial charge in [0.2, 0.25) is 5.89 Å². The van der Waals surface area contributed by atoms with Gasteiger partial charge < -0.3 is 14.6 Å². The smallest absolute Gasteiger partial charge is 0.227 e. The summed E-state index contributed by atoms with van der Waals surface area (Å²) in [6.45, 7) is 5.70. The molecule has 0 radical (unpaired) electrons. The minimum atomic E-state index is 0.372. The number of nitrogens with zero attached hydrogens (tertiary/aromatic N) is 2. The molecule has 1 fully saturated rings. The summed E-state index contributed by atoms with van der Waals surface area (Å²) in [7, 11) is 0. The largest absolute Gasteiger partial charge is 0.378 e. The summed E-state index contributed by atoms with van der Waals surface area (Å²) in [6.07, 6.45) is 3.35. The normalized spacial score (nSPS) is 25.9. The van der Waals surface area contributed by atoms with Gasteiger partial charge in [-0.3, -0.25) is 0 Å². The van der Waals surface area contributed by atoms with E-state index in [9.17, 15) is 0 Å². The van der Waals surface area contributed by atoms with Gasteiger partial charge in [-0.25, -0.2) is 0 Å². The molecule has 0 aliphatic carbocycles. The molecule has 0 spiro atoms. The topological polar surface area (TPSA) is 60.2 Å². The number of hydrogen-bond donors (Lipinski definition) is 1. The molecule has 0 bridgehead atoms. The number of aromatic nitrogens is 2. The molecule has 1 N–H and O–H groups in total. The second-order valence-corrected chi connectivity index (χ2v) is 4.34. The highest BCUT2D eigenvalue weighted by molar-refractivity contribution is 4.84. The van der Waals surface area contributed by atoms with Gasteiger partial charge in [-0.15, -0.1) is 0 Å². The van der Waals surface area contributed by atoms with Crippen LogP contribution >= 0.6 is 0 Å². The van der Waals surface area contributed by atoms with E-state index >= 15 is 0 Å². The van der Waals surface area contributed by atoms with Gasteiger partial charge in [-0.2, -0.15) is 4.98 Å². The molecule has 1 saturated heterocycles. The Hall–Kier alpha value is -0.940. The highest BCUT2D eigenvalue weighted by atomic mass is 16.5. The molecule has 0 aromatic carbocycles. The lowest BCUT2D eigenvalue weighted by atomic mass is 10.0. The number of nitrogens with one attached hydrogen (secondary N) is 1. The van der Waals surface area contributed by atoms with Crippen molar-refractivity contribution in [3.8, 4) is 0 Å². The maximum atomic E-state index is 5.50. The molecular weight excluding hydrogens is 206 g/mol. The Morgan fingerprint density at radius 1 is 1.50 bits per heavy atom. The minimum Gasteiger partial charge on any atom is -0.378 e. The number of hydrogen-bond acceptors (Lipinski definition) is 5. The van der Waals surface area contributed by atoms with Crippen LogP contribution in [0.25, 0.3) is 0 Å². The lowest BCUT2D eigenvalue weighted by Crippen LogP contribution is -2.38.